The van der Waals surface area contributed by atoms with Crippen LogP contribution in [0.3, 0.4) is 0 Å². The van der Waals surface area contributed by atoms with E-state index in [4.69, 9.17) is 18.9 Å². The van der Waals surface area contributed by atoms with E-state index < -0.39 is 5.60 Å². The van der Waals surface area contributed by atoms with Crippen LogP contribution in [0.4, 0.5) is 5.69 Å². The molecule has 0 atom stereocenters. The van der Waals surface area contributed by atoms with Gasteiger partial charge in [0.15, 0.2) is 23.9 Å². The van der Waals surface area contributed by atoms with Gasteiger partial charge in [-0.05, 0) is 24.3 Å². The molecule has 1 spiro atoms. The molecule has 3 aliphatic heterocycles. The first-order valence-corrected chi connectivity index (χ1v) is 11.3. The van der Waals surface area contributed by atoms with Gasteiger partial charge >= 0.3 is 0 Å². The molecule has 0 unspecified atom stereocenters. The number of anilines is 1. The molecular weight excluding hydrogens is 440 g/mol. The molecule has 2 aromatic carbocycles. The van der Waals surface area contributed by atoms with Crippen molar-refractivity contribution in [3.8, 4) is 23.0 Å². The average Bonchev–Trinajstić information content (AvgIpc) is 2.82. The van der Waals surface area contributed by atoms with Crippen molar-refractivity contribution in [3.05, 3.63) is 42.0 Å². The van der Waals surface area contributed by atoms with Crippen molar-refractivity contribution in [2.75, 3.05) is 38.2 Å². The maximum atomic E-state index is 12.8. The minimum absolute atomic E-state index is 0.0143. The first kappa shape index (κ1) is 22.1. The van der Waals surface area contributed by atoms with Crippen LogP contribution in [-0.4, -0.2) is 61.0 Å². The molecule has 0 saturated carbocycles. The molecule has 5 rings (SSSR count). The number of Topliss-reactive ketones (excluding diaryl/α,β-unsaturated/α-hetero) is 1. The minimum Gasteiger partial charge on any atom is -0.486 e. The van der Waals surface area contributed by atoms with E-state index in [1.165, 1.54) is 0 Å². The number of fused-ring (bicyclic) bond motifs is 2. The maximum Gasteiger partial charge on any atom is 0.262 e. The molecule has 0 aromatic heterocycles. The highest BCUT2D eigenvalue weighted by Crippen LogP contribution is 2.41. The molecule has 2 amide bonds. The van der Waals surface area contributed by atoms with Crippen LogP contribution in [0.5, 0.6) is 23.0 Å². The Balaban J connectivity index is 1.21. The van der Waals surface area contributed by atoms with Gasteiger partial charge in [-0.15, -0.1) is 0 Å². The zero-order valence-corrected chi connectivity index (χ0v) is 18.9. The van der Waals surface area contributed by atoms with Crippen molar-refractivity contribution in [2.45, 2.75) is 31.8 Å². The summed E-state index contributed by atoms with van der Waals surface area (Å²) in [5.41, 5.74) is 0.480. The van der Waals surface area contributed by atoms with Gasteiger partial charge in [0.05, 0.1) is 12.0 Å². The summed E-state index contributed by atoms with van der Waals surface area (Å²) in [5, 5.41) is 2.77. The van der Waals surface area contributed by atoms with E-state index in [2.05, 4.69) is 5.32 Å². The maximum absolute atomic E-state index is 12.8. The molecule has 0 bridgehead atoms. The first-order chi connectivity index (χ1) is 16.4. The van der Waals surface area contributed by atoms with Gasteiger partial charge < -0.3 is 29.2 Å². The molecule has 3 heterocycles. The zero-order valence-electron chi connectivity index (χ0n) is 18.9. The van der Waals surface area contributed by atoms with E-state index in [0.717, 1.165) is 0 Å². The van der Waals surface area contributed by atoms with Gasteiger partial charge in [0.25, 0.3) is 5.91 Å². The van der Waals surface area contributed by atoms with Gasteiger partial charge in [0.2, 0.25) is 5.91 Å². The molecule has 1 saturated heterocycles. The number of ether oxygens (including phenoxy) is 4. The van der Waals surface area contributed by atoms with Crippen LogP contribution in [0, 0.1) is 0 Å². The Morgan fingerprint density at radius 2 is 1.79 bits per heavy atom. The van der Waals surface area contributed by atoms with E-state index >= 15 is 0 Å². The van der Waals surface area contributed by atoms with Crippen molar-refractivity contribution in [2.24, 2.45) is 0 Å². The summed E-state index contributed by atoms with van der Waals surface area (Å²) in [6.45, 7) is 3.43. The number of likely N-dealkylation sites (tertiary alicyclic amines) is 1. The van der Waals surface area contributed by atoms with Crippen molar-refractivity contribution < 1.29 is 33.3 Å². The smallest absolute Gasteiger partial charge is 0.262 e. The lowest BCUT2D eigenvalue weighted by Crippen LogP contribution is -2.51. The number of hydrogen-bond donors (Lipinski definition) is 1. The minimum atomic E-state index is -0.607. The second kappa shape index (κ2) is 8.89. The standard InChI is InChI=1S/C25H26N2O7/c1-16(28)27-8-6-25(7-9-27)14-20(29)19-4-3-18(13-22(19)34-25)33-15-24(30)26-17-2-5-21-23(12-17)32-11-10-31-21/h2-5,12-13H,6-11,14-15H2,1H3,(H,26,30). The van der Waals surface area contributed by atoms with E-state index in [9.17, 15) is 14.4 Å². The summed E-state index contributed by atoms with van der Waals surface area (Å²) in [4.78, 5) is 38.6. The lowest BCUT2D eigenvalue weighted by molar-refractivity contribution is -0.132. The van der Waals surface area contributed by atoms with Crippen LogP contribution < -0.4 is 24.3 Å². The molecule has 1 N–H and O–H groups in total. The number of nitrogens with one attached hydrogen (secondary N) is 1. The highest BCUT2D eigenvalue weighted by molar-refractivity contribution is 6.00. The molecule has 0 aliphatic carbocycles. The number of hydrogen-bond acceptors (Lipinski definition) is 7. The van der Waals surface area contributed by atoms with Crippen molar-refractivity contribution in [3.63, 3.8) is 0 Å². The lowest BCUT2D eigenvalue weighted by atomic mass is 9.82. The Labute approximate surface area is 196 Å². The van der Waals surface area contributed by atoms with Gasteiger partial charge in [-0.25, -0.2) is 0 Å². The number of ketones is 1. The van der Waals surface area contributed by atoms with Gasteiger partial charge in [0.1, 0.15) is 30.3 Å². The summed E-state index contributed by atoms with van der Waals surface area (Å²) in [6, 6.07) is 10.2. The van der Waals surface area contributed by atoms with Crippen LogP contribution in [0.1, 0.15) is 36.5 Å². The second-order valence-electron chi connectivity index (χ2n) is 8.74. The van der Waals surface area contributed by atoms with Gasteiger partial charge in [-0.1, -0.05) is 0 Å². The Hall–Kier alpha value is -3.75. The SMILES string of the molecule is CC(=O)N1CCC2(CC1)CC(=O)c1ccc(OCC(=O)Nc3ccc4c(c3)OCCO4)cc1O2. The molecule has 9 heteroatoms. The largest absolute Gasteiger partial charge is 0.486 e. The third-order valence-electron chi connectivity index (χ3n) is 6.38. The quantitative estimate of drug-likeness (QED) is 0.739. The predicted molar refractivity (Wildman–Crippen MR) is 122 cm³/mol. The number of rotatable bonds is 4. The molecule has 2 aromatic rings. The van der Waals surface area contributed by atoms with Gasteiger partial charge in [0, 0.05) is 50.7 Å². The first-order valence-electron chi connectivity index (χ1n) is 11.3. The molecule has 178 valence electrons. The topological polar surface area (TPSA) is 103 Å². The second-order valence-corrected chi connectivity index (χ2v) is 8.74. The monoisotopic (exact) mass is 466 g/mol. The Morgan fingerprint density at radius 3 is 2.56 bits per heavy atom. The summed E-state index contributed by atoms with van der Waals surface area (Å²) < 4.78 is 23.0. The van der Waals surface area contributed by atoms with E-state index in [1.807, 2.05) is 0 Å². The van der Waals surface area contributed by atoms with E-state index in [-0.39, 0.29) is 24.2 Å². The fourth-order valence-corrected chi connectivity index (χ4v) is 4.54. The molecule has 3 aliphatic rings. The highest BCUT2D eigenvalue weighted by Gasteiger charge is 2.43. The number of nitrogens with zero attached hydrogens (tertiary/aromatic N) is 1. The van der Waals surface area contributed by atoms with Crippen LogP contribution in [0.15, 0.2) is 36.4 Å². The Bertz CT molecular complexity index is 1140. The van der Waals surface area contributed by atoms with E-state index in [1.54, 1.807) is 48.2 Å². The summed E-state index contributed by atoms with van der Waals surface area (Å²) >= 11 is 0. The fraction of sp³-hybridized carbons (Fsp3) is 0.400. The Morgan fingerprint density at radius 1 is 1.03 bits per heavy atom. The van der Waals surface area contributed by atoms with Gasteiger partial charge in [-0.2, -0.15) is 0 Å². The molecule has 0 radical (unpaired) electrons. The number of amides is 2. The molecule has 9 nitrogen and oxygen atoms in total. The molecule has 34 heavy (non-hydrogen) atoms. The number of carbonyl (C=O) groups excluding carboxylic acids is 3. The van der Waals surface area contributed by atoms with Crippen molar-refractivity contribution >= 4 is 23.3 Å². The van der Waals surface area contributed by atoms with Crippen LogP contribution in [-0.2, 0) is 9.59 Å². The summed E-state index contributed by atoms with van der Waals surface area (Å²) in [6.07, 6.45) is 1.49. The predicted octanol–water partition coefficient (Wildman–Crippen LogP) is 2.82. The highest BCUT2D eigenvalue weighted by atomic mass is 16.6. The van der Waals surface area contributed by atoms with E-state index in [0.29, 0.717) is 79.8 Å². The Kier molecular flexibility index (Phi) is 5.77. The lowest BCUT2D eigenvalue weighted by Gasteiger charge is -2.43. The summed E-state index contributed by atoms with van der Waals surface area (Å²) in [5.74, 6) is 1.83. The van der Waals surface area contributed by atoms with Crippen LogP contribution in [0.2, 0.25) is 0 Å². The number of benzene rings is 2. The summed E-state index contributed by atoms with van der Waals surface area (Å²) in [7, 11) is 0. The molecular formula is C25H26N2O7. The number of piperidine rings is 1. The number of carbonyl (C=O) groups is 3. The normalized spacial score (nSPS) is 18.0. The van der Waals surface area contributed by atoms with Crippen LogP contribution >= 0.6 is 0 Å². The molecule has 1 fully saturated rings. The van der Waals surface area contributed by atoms with Crippen LogP contribution in [0.25, 0.3) is 0 Å². The third kappa shape index (κ3) is 4.50. The zero-order chi connectivity index (χ0) is 23.7. The fourth-order valence-electron chi connectivity index (χ4n) is 4.54. The van der Waals surface area contributed by atoms with Gasteiger partial charge in [-0.3, -0.25) is 14.4 Å². The average molecular weight is 466 g/mol. The van der Waals surface area contributed by atoms with Crippen molar-refractivity contribution in [1.82, 2.24) is 4.90 Å². The third-order valence-corrected chi connectivity index (χ3v) is 6.38. The van der Waals surface area contributed by atoms with Crippen molar-refractivity contribution in [1.29, 1.82) is 0 Å².